The van der Waals surface area contributed by atoms with E-state index >= 15 is 0 Å². The van der Waals surface area contributed by atoms with E-state index in [1.165, 1.54) is 19.2 Å². The number of ether oxygens (including phenoxy) is 2. The van der Waals surface area contributed by atoms with Crippen molar-refractivity contribution in [2.45, 2.75) is 6.61 Å². The fourth-order valence-electron chi connectivity index (χ4n) is 2.06. The van der Waals surface area contributed by atoms with E-state index in [0.29, 0.717) is 33.7 Å². The van der Waals surface area contributed by atoms with Crippen molar-refractivity contribution < 1.29 is 13.9 Å². The van der Waals surface area contributed by atoms with Crippen molar-refractivity contribution in [2.75, 3.05) is 13.7 Å². The van der Waals surface area contributed by atoms with Gasteiger partial charge in [-0.15, -0.1) is 6.58 Å². The van der Waals surface area contributed by atoms with Gasteiger partial charge < -0.3 is 14.8 Å². The van der Waals surface area contributed by atoms with Gasteiger partial charge in [0.15, 0.2) is 16.6 Å². The van der Waals surface area contributed by atoms with E-state index in [9.17, 15) is 4.39 Å². The third-order valence-corrected chi connectivity index (χ3v) is 3.85. The molecule has 8 heteroatoms. The maximum Gasteiger partial charge on any atom is 0.187 e. The second kappa shape index (κ2) is 10.5. The molecule has 2 N–H and O–H groups in total. The minimum atomic E-state index is -0.300. The SMILES string of the molecule is C=CCNC(=S)NN=Cc1cc(Cl)c(OCc2ccc(F)cc2)c(OC)c1. The number of methoxy groups -OCH3 is 1. The second-order valence-electron chi connectivity index (χ2n) is 5.32. The highest BCUT2D eigenvalue weighted by Crippen LogP contribution is 2.36. The summed E-state index contributed by atoms with van der Waals surface area (Å²) in [6.07, 6.45) is 3.24. The Kier molecular flexibility index (Phi) is 8.03. The number of benzene rings is 2. The van der Waals surface area contributed by atoms with Gasteiger partial charge in [-0.05, 0) is 47.6 Å². The Morgan fingerprint density at radius 3 is 2.74 bits per heavy atom. The molecule has 0 saturated carbocycles. The molecule has 0 spiro atoms. The van der Waals surface area contributed by atoms with E-state index in [-0.39, 0.29) is 12.4 Å². The standard InChI is InChI=1S/C19H19ClFN3O2S/c1-3-8-22-19(27)24-23-11-14-9-16(20)18(17(10-14)25-2)26-12-13-4-6-15(21)7-5-13/h3-7,9-11H,1,8,12H2,2H3,(H2,22,24,27). The molecule has 0 aromatic heterocycles. The molecule has 0 bridgehead atoms. The first-order valence-electron chi connectivity index (χ1n) is 7.96. The van der Waals surface area contributed by atoms with Crippen LogP contribution in [0.2, 0.25) is 5.02 Å². The van der Waals surface area contributed by atoms with Gasteiger partial charge in [-0.1, -0.05) is 29.8 Å². The van der Waals surface area contributed by atoms with Crippen LogP contribution in [0.1, 0.15) is 11.1 Å². The monoisotopic (exact) mass is 407 g/mol. The summed E-state index contributed by atoms with van der Waals surface area (Å²) in [4.78, 5) is 0. The predicted molar refractivity (Wildman–Crippen MR) is 110 cm³/mol. The Morgan fingerprint density at radius 1 is 1.33 bits per heavy atom. The van der Waals surface area contributed by atoms with Crippen molar-refractivity contribution in [2.24, 2.45) is 5.10 Å². The first-order valence-corrected chi connectivity index (χ1v) is 8.74. The summed E-state index contributed by atoms with van der Waals surface area (Å²) >= 11 is 11.4. The Labute approximate surface area is 167 Å². The van der Waals surface area contributed by atoms with Crippen LogP contribution in [0.15, 0.2) is 54.2 Å². The normalized spacial score (nSPS) is 10.5. The molecule has 0 heterocycles. The fourth-order valence-corrected chi connectivity index (χ4v) is 2.47. The molecule has 0 atom stereocenters. The summed E-state index contributed by atoms with van der Waals surface area (Å²) in [6.45, 7) is 4.36. The zero-order valence-electron chi connectivity index (χ0n) is 14.7. The molecular formula is C19H19ClFN3O2S. The summed E-state index contributed by atoms with van der Waals surface area (Å²) in [5, 5.41) is 7.67. The molecule has 5 nitrogen and oxygen atoms in total. The number of rotatable bonds is 8. The molecule has 0 radical (unpaired) electrons. The Balaban J connectivity index is 2.06. The van der Waals surface area contributed by atoms with E-state index < -0.39 is 0 Å². The van der Waals surface area contributed by atoms with Gasteiger partial charge in [0.2, 0.25) is 0 Å². The number of nitrogens with one attached hydrogen (secondary N) is 2. The summed E-state index contributed by atoms with van der Waals surface area (Å²) in [7, 11) is 1.52. The predicted octanol–water partition coefficient (Wildman–Crippen LogP) is 4.05. The Bertz CT molecular complexity index is 828. The van der Waals surface area contributed by atoms with E-state index in [1.54, 1.807) is 36.6 Å². The van der Waals surface area contributed by atoms with Gasteiger partial charge in [-0.3, -0.25) is 5.43 Å². The number of hydrogen-bond donors (Lipinski definition) is 2. The highest BCUT2D eigenvalue weighted by Gasteiger charge is 2.12. The van der Waals surface area contributed by atoms with Crippen molar-refractivity contribution >= 4 is 35.1 Å². The highest BCUT2D eigenvalue weighted by atomic mass is 35.5. The minimum Gasteiger partial charge on any atom is -0.493 e. The molecule has 0 unspecified atom stereocenters. The molecule has 0 aliphatic heterocycles. The largest absolute Gasteiger partial charge is 0.493 e. The summed E-state index contributed by atoms with van der Waals surface area (Å²) in [5.41, 5.74) is 4.19. The zero-order valence-corrected chi connectivity index (χ0v) is 16.2. The lowest BCUT2D eigenvalue weighted by Gasteiger charge is -2.13. The molecule has 0 amide bonds. The summed E-state index contributed by atoms with van der Waals surface area (Å²) in [5.74, 6) is 0.556. The van der Waals surface area contributed by atoms with Gasteiger partial charge in [0.05, 0.1) is 18.3 Å². The van der Waals surface area contributed by atoms with Crippen molar-refractivity contribution in [1.82, 2.24) is 10.7 Å². The molecule has 0 saturated heterocycles. The maximum absolute atomic E-state index is 13.0. The lowest BCUT2D eigenvalue weighted by Crippen LogP contribution is -2.31. The van der Waals surface area contributed by atoms with Gasteiger partial charge in [0, 0.05) is 6.54 Å². The van der Waals surface area contributed by atoms with E-state index in [1.807, 2.05) is 0 Å². The molecule has 2 rings (SSSR count). The lowest BCUT2D eigenvalue weighted by molar-refractivity contribution is 0.284. The number of hydrazone groups is 1. The Morgan fingerprint density at radius 2 is 2.07 bits per heavy atom. The molecule has 0 fully saturated rings. The van der Waals surface area contributed by atoms with Crippen LogP contribution in [0.25, 0.3) is 0 Å². The van der Waals surface area contributed by atoms with E-state index in [0.717, 1.165) is 5.56 Å². The van der Waals surface area contributed by atoms with Crippen LogP contribution in [0.5, 0.6) is 11.5 Å². The van der Waals surface area contributed by atoms with E-state index in [4.69, 9.17) is 33.3 Å². The number of thiocarbonyl (C=S) groups is 1. The first-order chi connectivity index (χ1) is 13.0. The number of halogens is 2. The fraction of sp³-hybridized carbons (Fsp3) is 0.158. The van der Waals surface area contributed by atoms with Crippen LogP contribution < -0.4 is 20.2 Å². The average molecular weight is 408 g/mol. The third kappa shape index (κ3) is 6.54. The van der Waals surface area contributed by atoms with Crippen LogP contribution >= 0.6 is 23.8 Å². The smallest absolute Gasteiger partial charge is 0.187 e. The maximum atomic E-state index is 13.0. The Hall–Kier alpha value is -2.64. The zero-order chi connectivity index (χ0) is 19.6. The number of nitrogens with zero attached hydrogens (tertiary/aromatic N) is 1. The van der Waals surface area contributed by atoms with Gasteiger partial charge in [-0.2, -0.15) is 5.10 Å². The topological polar surface area (TPSA) is 54.9 Å². The van der Waals surface area contributed by atoms with Gasteiger partial charge >= 0.3 is 0 Å². The summed E-state index contributed by atoms with van der Waals surface area (Å²) < 4.78 is 24.1. The van der Waals surface area contributed by atoms with Gasteiger partial charge in [0.25, 0.3) is 0 Å². The third-order valence-electron chi connectivity index (χ3n) is 3.33. The molecular weight excluding hydrogens is 389 g/mol. The van der Waals surface area contributed by atoms with Crippen molar-refractivity contribution in [3.05, 3.63) is 71.0 Å². The van der Waals surface area contributed by atoms with Crippen molar-refractivity contribution in [1.29, 1.82) is 0 Å². The van der Waals surface area contributed by atoms with Crippen LogP contribution in [0.3, 0.4) is 0 Å². The molecule has 27 heavy (non-hydrogen) atoms. The quantitative estimate of drug-likeness (QED) is 0.299. The first kappa shape index (κ1) is 20.7. The van der Waals surface area contributed by atoms with Crippen LogP contribution in [-0.4, -0.2) is 25.0 Å². The van der Waals surface area contributed by atoms with E-state index in [2.05, 4.69) is 22.4 Å². The highest BCUT2D eigenvalue weighted by molar-refractivity contribution is 7.80. The van der Waals surface area contributed by atoms with Crippen molar-refractivity contribution in [3.8, 4) is 11.5 Å². The second-order valence-corrected chi connectivity index (χ2v) is 6.13. The van der Waals surface area contributed by atoms with Crippen LogP contribution in [0, 0.1) is 5.82 Å². The van der Waals surface area contributed by atoms with Gasteiger partial charge in [-0.25, -0.2) is 4.39 Å². The molecule has 142 valence electrons. The molecule has 0 aliphatic carbocycles. The van der Waals surface area contributed by atoms with Crippen LogP contribution in [0.4, 0.5) is 4.39 Å². The molecule has 2 aromatic carbocycles. The summed E-state index contributed by atoms with van der Waals surface area (Å²) in [6, 6.07) is 9.46. The van der Waals surface area contributed by atoms with Gasteiger partial charge in [0.1, 0.15) is 12.4 Å². The van der Waals surface area contributed by atoms with Crippen LogP contribution in [-0.2, 0) is 6.61 Å². The van der Waals surface area contributed by atoms with Crippen molar-refractivity contribution in [3.63, 3.8) is 0 Å². The number of hydrogen-bond acceptors (Lipinski definition) is 4. The average Bonchev–Trinajstić information content (AvgIpc) is 2.66. The molecule has 0 aliphatic rings. The lowest BCUT2D eigenvalue weighted by atomic mass is 10.2. The molecule has 2 aromatic rings. The minimum absolute atomic E-state index is 0.231.